The van der Waals surface area contributed by atoms with Crippen LogP contribution in [0.5, 0.6) is 0 Å². The zero-order chi connectivity index (χ0) is 28.0. The van der Waals surface area contributed by atoms with E-state index in [1.54, 1.807) is 13.8 Å². The lowest BCUT2D eigenvalue weighted by molar-refractivity contribution is -0.143. The number of carboxylic acids is 2. The van der Waals surface area contributed by atoms with E-state index in [1.165, 1.54) is 0 Å². The third-order valence-corrected chi connectivity index (χ3v) is 4.95. The largest absolute Gasteiger partial charge is 0.481 e. The molecule has 11 N–H and O–H groups in total. The fourth-order valence-corrected chi connectivity index (χ4v) is 3.04. The second kappa shape index (κ2) is 16.0. The SMILES string of the molecule is CC(C)CC(NC(=O)C(CCC(=O)O)NC(=O)C(CCC(N)=O)NC(=O)C(N)CCC(N)=O)C(=O)O. The summed E-state index contributed by atoms with van der Waals surface area (Å²) in [6.07, 6.45) is -1.72. The van der Waals surface area contributed by atoms with Crippen molar-refractivity contribution in [2.45, 2.75) is 83.0 Å². The molecule has 0 rings (SSSR count). The maximum absolute atomic E-state index is 12.9. The molecule has 0 spiro atoms. The highest BCUT2D eigenvalue weighted by molar-refractivity contribution is 5.94. The van der Waals surface area contributed by atoms with Gasteiger partial charge in [0, 0.05) is 19.3 Å². The number of carbonyl (C=O) groups excluding carboxylic acids is 5. The van der Waals surface area contributed by atoms with E-state index in [0.717, 1.165) is 0 Å². The Kier molecular flexibility index (Phi) is 14.4. The predicted octanol–water partition coefficient (Wildman–Crippen LogP) is -2.71. The molecule has 0 saturated carbocycles. The number of hydrogen-bond acceptors (Lipinski definition) is 8. The van der Waals surface area contributed by atoms with Crippen LogP contribution in [0.4, 0.5) is 0 Å². The van der Waals surface area contributed by atoms with Crippen LogP contribution in [0.2, 0.25) is 0 Å². The Morgan fingerprint density at radius 1 is 0.667 bits per heavy atom. The monoisotopic (exact) mass is 516 g/mol. The van der Waals surface area contributed by atoms with Crippen molar-refractivity contribution in [3.05, 3.63) is 0 Å². The molecule has 0 radical (unpaired) electrons. The van der Waals surface area contributed by atoms with Crippen LogP contribution < -0.4 is 33.2 Å². The van der Waals surface area contributed by atoms with Gasteiger partial charge in [-0.3, -0.25) is 28.8 Å². The normalized spacial score (nSPS) is 14.1. The van der Waals surface area contributed by atoms with E-state index >= 15 is 0 Å². The lowest BCUT2D eigenvalue weighted by atomic mass is 10.0. The molecule has 4 atom stereocenters. The summed E-state index contributed by atoms with van der Waals surface area (Å²) in [5, 5.41) is 25.3. The summed E-state index contributed by atoms with van der Waals surface area (Å²) in [5.74, 6) is -6.86. The number of hydrogen-bond donors (Lipinski definition) is 8. The van der Waals surface area contributed by atoms with Crippen LogP contribution in [-0.2, 0) is 33.6 Å². The lowest BCUT2D eigenvalue weighted by Crippen LogP contribution is -2.57. The summed E-state index contributed by atoms with van der Waals surface area (Å²) in [5.41, 5.74) is 15.8. The molecule has 36 heavy (non-hydrogen) atoms. The van der Waals surface area contributed by atoms with Gasteiger partial charge in [-0.2, -0.15) is 0 Å². The Morgan fingerprint density at radius 3 is 1.50 bits per heavy atom. The summed E-state index contributed by atoms with van der Waals surface area (Å²) in [6.45, 7) is 3.48. The van der Waals surface area contributed by atoms with Gasteiger partial charge in [0.05, 0.1) is 6.04 Å². The van der Waals surface area contributed by atoms with Crippen molar-refractivity contribution in [3.63, 3.8) is 0 Å². The van der Waals surface area contributed by atoms with Crippen LogP contribution in [0.1, 0.15) is 58.8 Å². The van der Waals surface area contributed by atoms with Crippen LogP contribution >= 0.6 is 0 Å². The van der Waals surface area contributed by atoms with Crippen molar-refractivity contribution in [3.8, 4) is 0 Å². The number of primary amides is 2. The molecule has 15 nitrogen and oxygen atoms in total. The molecule has 0 bridgehead atoms. The van der Waals surface area contributed by atoms with Crippen molar-refractivity contribution in [1.29, 1.82) is 0 Å². The fourth-order valence-electron chi connectivity index (χ4n) is 3.04. The highest BCUT2D eigenvalue weighted by Gasteiger charge is 2.31. The highest BCUT2D eigenvalue weighted by atomic mass is 16.4. The first kappa shape index (κ1) is 32.2. The molecule has 0 aromatic rings. The van der Waals surface area contributed by atoms with Crippen molar-refractivity contribution in [1.82, 2.24) is 16.0 Å². The second-order valence-corrected chi connectivity index (χ2v) is 8.70. The number of carbonyl (C=O) groups is 7. The molecule has 4 unspecified atom stereocenters. The molecule has 0 fully saturated rings. The van der Waals surface area contributed by atoms with Gasteiger partial charge in [0.15, 0.2) is 0 Å². The zero-order valence-corrected chi connectivity index (χ0v) is 20.3. The highest BCUT2D eigenvalue weighted by Crippen LogP contribution is 2.08. The molecule has 15 heteroatoms. The summed E-state index contributed by atoms with van der Waals surface area (Å²) >= 11 is 0. The standard InChI is InChI=1S/C21H36N6O9/c1-10(2)9-14(21(35)36)27-20(34)13(5-8-17(30)31)26-19(33)12(4-7-16(24)29)25-18(32)11(22)3-6-15(23)28/h10-14H,3-9,22H2,1-2H3,(H2,23,28)(H2,24,29)(H,25,32)(H,26,33)(H,27,34)(H,30,31)(H,35,36). The number of carboxylic acid groups (broad SMARTS) is 2. The third kappa shape index (κ3) is 13.8. The Morgan fingerprint density at radius 2 is 1.08 bits per heavy atom. The van der Waals surface area contributed by atoms with E-state index in [1.807, 2.05) is 0 Å². The van der Waals surface area contributed by atoms with Crippen LogP contribution in [0.25, 0.3) is 0 Å². The van der Waals surface area contributed by atoms with E-state index in [-0.39, 0.29) is 44.4 Å². The Balaban J connectivity index is 5.63. The molecule has 0 heterocycles. The molecule has 5 amide bonds. The smallest absolute Gasteiger partial charge is 0.326 e. The molecule has 0 aliphatic rings. The summed E-state index contributed by atoms with van der Waals surface area (Å²) < 4.78 is 0. The van der Waals surface area contributed by atoms with Gasteiger partial charge in [-0.1, -0.05) is 13.8 Å². The van der Waals surface area contributed by atoms with Crippen molar-refractivity contribution >= 4 is 41.5 Å². The first-order valence-corrected chi connectivity index (χ1v) is 11.3. The quantitative estimate of drug-likeness (QED) is 0.0932. The maximum Gasteiger partial charge on any atom is 0.326 e. The number of amides is 5. The Labute approximate surface area is 207 Å². The van der Waals surface area contributed by atoms with E-state index in [9.17, 15) is 38.7 Å². The molecule has 0 saturated heterocycles. The van der Waals surface area contributed by atoms with Crippen molar-refractivity contribution in [2.75, 3.05) is 0 Å². The molecule has 0 aliphatic heterocycles. The van der Waals surface area contributed by atoms with Gasteiger partial charge < -0.3 is 43.4 Å². The predicted molar refractivity (Wildman–Crippen MR) is 125 cm³/mol. The fraction of sp³-hybridized carbons (Fsp3) is 0.667. The number of rotatable bonds is 18. The Hall–Kier alpha value is -3.75. The van der Waals surface area contributed by atoms with E-state index in [2.05, 4.69) is 16.0 Å². The van der Waals surface area contributed by atoms with E-state index in [4.69, 9.17) is 22.3 Å². The maximum atomic E-state index is 12.9. The minimum absolute atomic E-state index is 0.0845. The topological polar surface area (TPSA) is 274 Å². The van der Waals surface area contributed by atoms with Gasteiger partial charge in [-0.15, -0.1) is 0 Å². The van der Waals surface area contributed by atoms with Crippen molar-refractivity contribution in [2.24, 2.45) is 23.1 Å². The van der Waals surface area contributed by atoms with E-state index in [0.29, 0.717) is 0 Å². The first-order valence-electron chi connectivity index (χ1n) is 11.3. The molecule has 204 valence electrons. The summed E-state index contributed by atoms with van der Waals surface area (Å²) in [4.78, 5) is 82.7. The van der Waals surface area contributed by atoms with Gasteiger partial charge in [0.25, 0.3) is 0 Å². The van der Waals surface area contributed by atoms with Gasteiger partial charge in [-0.05, 0) is 31.6 Å². The van der Waals surface area contributed by atoms with Crippen LogP contribution in [0.15, 0.2) is 0 Å². The van der Waals surface area contributed by atoms with Gasteiger partial charge in [0.1, 0.15) is 18.1 Å². The molecule has 0 aliphatic carbocycles. The Bertz CT molecular complexity index is 833. The van der Waals surface area contributed by atoms with Crippen LogP contribution in [-0.4, -0.2) is 75.9 Å². The molecular weight excluding hydrogens is 480 g/mol. The second-order valence-electron chi connectivity index (χ2n) is 8.70. The average Bonchev–Trinajstić information content (AvgIpc) is 2.75. The summed E-state index contributed by atoms with van der Waals surface area (Å²) in [6, 6.07) is -5.34. The van der Waals surface area contributed by atoms with Gasteiger partial charge in [-0.25, -0.2) is 4.79 Å². The average molecular weight is 517 g/mol. The molecule has 0 aromatic carbocycles. The lowest BCUT2D eigenvalue weighted by Gasteiger charge is -2.25. The minimum atomic E-state index is -1.46. The third-order valence-electron chi connectivity index (χ3n) is 4.95. The minimum Gasteiger partial charge on any atom is -0.481 e. The summed E-state index contributed by atoms with van der Waals surface area (Å²) in [7, 11) is 0. The number of nitrogens with one attached hydrogen (secondary N) is 3. The van der Waals surface area contributed by atoms with Crippen LogP contribution in [0.3, 0.4) is 0 Å². The molecule has 0 aromatic heterocycles. The van der Waals surface area contributed by atoms with Crippen LogP contribution in [0, 0.1) is 5.92 Å². The van der Waals surface area contributed by atoms with Gasteiger partial charge >= 0.3 is 11.9 Å². The molecular formula is C21H36N6O9. The first-order chi connectivity index (χ1) is 16.6. The van der Waals surface area contributed by atoms with E-state index < -0.39 is 72.1 Å². The van der Waals surface area contributed by atoms with Gasteiger partial charge in [0.2, 0.25) is 29.5 Å². The van der Waals surface area contributed by atoms with Crippen molar-refractivity contribution < 1.29 is 43.8 Å². The number of nitrogens with two attached hydrogens (primary N) is 3. The number of aliphatic carboxylic acids is 2. The zero-order valence-electron chi connectivity index (χ0n) is 20.3.